The molecule has 0 atom stereocenters. The van der Waals surface area contributed by atoms with Crippen LogP contribution in [-0.4, -0.2) is 24.9 Å². The molecular formula is C41H27N5. The lowest BCUT2D eigenvalue weighted by atomic mass is 9.91. The van der Waals surface area contributed by atoms with E-state index in [0.29, 0.717) is 17.5 Å². The lowest BCUT2D eigenvalue weighted by molar-refractivity contribution is 1.07. The summed E-state index contributed by atoms with van der Waals surface area (Å²) in [5, 5.41) is 2.41. The van der Waals surface area contributed by atoms with Crippen molar-refractivity contribution in [3.63, 3.8) is 0 Å². The molecule has 2 heterocycles. The first kappa shape index (κ1) is 27.2. The molecule has 0 saturated carbocycles. The van der Waals surface area contributed by atoms with Gasteiger partial charge in [-0.3, -0.25) is 0 Å². The van der Waals surface area contributed by atoms with Gasteiger partial charge in [0.25, 0.3) is 0 Å². The van der Waals surface area contributed by atoms with Crippen molar-refractivity contribution in [2.75, 3.05) is 0 Å². The predicted molar refractivity (Wildman–Crippen MR) is 186 cm³/mol. The first-order valence-electron chi connectivity index (χ1n) is 15.2. The van der Waals surface area contributed by atoms with Crippen molar-refractivity contribution < 1.29 is 0 Å². The van der Waals surface area contributed by atoms with Crippen molar-refractivity contribution in [2.45, 2.75) is 0 Å². The molecule has 0 fully saturated rings. The van der Waals surface area contributed by atoms with Crippen LogP contribution in [0.4, 0.5) is 0 Å². The van der Waals surface area contributed by atoms with Crippen molar-refractivity contribution in [1.82, 2.24) is 24.9 Å². The van der Waals surface area contributed by atoms with Crippen LogP contribution in [0, 0.1) is 0 Å². The predicted octanol–water partition coefficient (Wildman–Crippen LogP) is 9.82. The molecule has 0 amide bonds. The van der Waals surface area contributed by atoms with Gasteiger partial charge in [0, 0.05) is 34.6 Å². The van der Waals surface area contributed by atoms with Gasteiger partial charge < -0.3 is 0 Å². The van der Waals surface area contributed by atoms with Crippen molar-refractivity contribution in [1.29, 1.82) is 0 Å². The molecule has 0 N–H and O–H groups in total. The van der Waals surface area contributed by atoms with Gasteiger partial charge in [-0.1, -0.05) is 146 Å². The van der Waals surface area contributed by atoms with Crippen LogP contribution in [0.3, 0.4) is 0 Å². The van der Waals surface area contributed by atoms with Gasteiger partial charge in [0.05, 0.1) is 0 Å². The van der Waals surface area contributed by atoms with Crippen LogP contribution in [0.5, 0.6) is 0 Å². The first-order valence-corrected chi connectivity index (χ1v) is 15.2. The minimum atomic E-state index is 0.643. The highest BCUT2D eigenvalue weighted by Crippen LogP contribution is 2.37. The minimum absolute atomic E-state index is 0.643. The van der Waals surface area contributed by atoms with Crippen molar-refractivity contribution >= 4 is 10.8 Å². The number of hydrogen-bond donors (Lipinski definition) is 0. The summed E-state index contributed by atoms with van der Waals surface area (Å²) in [5.41, 5.74) is 9.60. The molecule has 8 aromatic rings. The summed E-state index contributed by atoms with van der Waals surface area (Å²) in [4.78, 5) is 22.9. The molecule has 0 bridgehead atoms. The Morgan fingerprint density at radius 3 is 1.11 bits per heavy atom. The third kappa shape index (κ3) is 5.31. The maximum absolute atomic E-state index is 4.89. The molecule has 0 aliphatic heterocycles. The summed E-state index contributed by atoms with van der Waals surface area (Å²) in [6, 6.07) is 50.2. The number of nitrogens with zero attached hydrogens (tertiary/aromatic N) is 5. The first-order chi connectivity index (χ1) is 22.8. The van der Waals surface area contributed by atoms with Crippen LogP contribution in [0.2, 0.25) is 0 Å². The maximum Gasteiger partial charge on any atom is 0.164 e. The zero-order valence-electron chi connectivity index (χ0n) is 24.8. The molecule has 8 rings (SSSR count). The van der Waals surface area contributed by atoms with Crippen LogP contribution in [0.25, 0.3) is 78.3 Å². The highest BCUT2D eigenvalue weighted by molar-refractivity contribution is 6.05. The standard InChI is InChI=1S/C41H27N5/c1-3-9-31(10-4-1)39-44-40(32-11-5-2-6-12-32)46-41(45-39)33-21-19-30(20-22-33)36-24-23-35(37-13-7-8-14-38(36)37)29-17-15-28(16-18-29)34-25-42-27-43-26-34/h1-27H. The summed E-state index contributed by atoms with van der Waals surface area (Å²) in [7, 11) is 0. The summed E-state index contributed by atoms with van der Waals surface area (Å²) >= 11 is 0. The molecule has 0 aliphatic carbocycles. The average molecular weight is 590 g/mol. The average Bonchev–Trinajstić information content (AvgIpc) is 3.15. The Bertz CT molecular complexity index is 2210. The molecule has 0 radical (unpaired) electrons. The third-order valence-electron chi connectivity index (χ3n) is 8.17. The molecule has 6 aromatic carbocycles. The second kappa shape index (κ2) is 12.0. The fourth-order valence-electron chi connectivity index (χ4n) is 5.83. The Morgan fingerprint density at radius 2 is 0.652 bits per heavy atom. The molecule has 5 nitrogen and oxygen atoms in total. The molecule has 216 valence electrons. The Labute approximate surface area is 267 Å². The van der Waals surface area contributed by atoms with E-state index < -0.39 is 0 Å². The second-order valence-corrected chi connectivity index (χ2v) is 11.0. The molecule has 0 saturated heterocycles. The third-order valence-corrected chi connectivity index (χ3v) is 8.17. The van der Waals surface area contributed by atoms with Crippen molar-refractivity contribution in [2.24, 2.45) is 0 Å². The largest absolute Gasteiger partial charge is 0.244 e. The quantitative estimate of drug-likeness (QED) is 0.193. The number of aromatic nitrogens is 5. The summed E-state index contributed by atoms with van der Waals surface area (Å²) in [6.45, 7) is 0. The van der Waals surface area contributed by atoms with E-state index in [1.165, 1.54) is 21.9 Å². The molecule has 5 heteroatoms. The van der Waals surface area contributed by atoms with Crippen LogP contribution in [0.1, 0.15) is 0 Å². The summed E-state index contributed by atoms with van der Waals surface area (Å²) in [5.74, 6) is 1.95. The van der Waals surface area contributed by atoms with Gasteiger partial charge >= 0.3 is 0 Å². The van der Waals surface area contributed by atoms with E-state index in [1.54, 1.807) is 6.33 Å². The smallest absolute Gasteiger partial charge is 0.164 e. The van der Waals surface area contributed by atoms with Crippen LogP contribution in [-0.2, 0) is 0 Å². The van der Waals surface area contributed by atoms with Gasteiger partial charge in [-0.05, 0) is 38.6 Å². The Hall–Kier alpha value is -6.33. The van der Waals surface area contributed by atoms with E-state index in [4.69, 9.17) is 15.0 Å². The van der Waals surface area contributed by atoms with Gasteiger partial charge in [-0.25, -0.2) is 24.9 Å². The lowest BCUT2D eigenvalue weighted by Crippen LogP contribution is -2.00. The van der Waals surface area contributed by atoms with Crippen molar-refractivity contribution in [3.05, 3.63) is 164 Å². The minimum Gasteiger partial charge on any atom is -0.244 e. The van der Waals surface area contributed by atoms with Crippen LogP contribution < -0.4 is 0 Å². The number of benzene rings is 6. The Morgan fingerprint density at radius 1 is 0.283 bits per heavy atom. The fourth-order valence-corrected chi connectivity index (χ4v) is 5.83. The van der Waals surface area contributed by atoms with E-state index in [2.05, 4.69) is 94.9 Å². The number of hydrogen-bond acceptors (Lipinski definition) is 5. The highest BCUT2D eigenvalue weighted by atomic mass is 15.0. The highest BCUT2D eigenvalue weighted by Gasteiger charge is 2.14. The fraction of sp³-hybridized carbons (Fsp3) is 0. The number of fused-ring (bicyclic) bond motifs is 1. The van der Waals surface area contributed by atoms with Gasteiger partial charge in [0.2, 0.25) is 0 Å². The van der Waals surface area contributed by atoms with Gasteiger partial charge in [-0.15, -0.1) is 0 Å². The number of rotatable bonds is 6. The molecule has 0 unspecified atom stereocenters. The maximum atomic E-state index is 4.89. The second-order valence-electron chi connectivity index (χ2n) is 11.0. The molecular weight excluding hydrogens is 562 g/mol. The monoisotopic (exact) mass is 589 g/mol. The van der Waals surface area contributed by atoms with Crippen LogP contribution in [0.15, 0.2) is 164 Å². The van der Waals surface area contributed by atoms with E-state index in [1.807, 2.05) is 73.1 Å². The zero-order valence-corrected chi connectivity index (χ0v) is 24.8. The zero-order chi connectivity index (χ0) is 30.7. The van der Waals surface area contributed by atoms with E-state index in [-0.39, 0.29) is 0 Å². The van der Waals surface area contributed by atoms with Gasteiger partial charge in [0.1, 0.15) is 6.33 Å². The van der Waals surface area contributed by atoms with E-state index >= 15 is 0 Å². The molecule has 0 aliphatic rings. The Balaban J connectivity index is 1.16. The summed E-state index contributed by atoms with van der Waals surface area (Å²) in [6.07, 6.45) is 5.22. The van der Waals surface area contributed by atoms with E-state index in [9.17, 15) is 0 Å². The molecule has 2 aromatic heterocycles. The van der Waals surface area contributed by atoms with Crippen LogP contribution >= 0.6 is 0 Å². The molecule has 0 spiro atoms. The lowest BCUT2D eigenvalue weighted by Gasteiger charge is -2.13. The molecule has 46 heavy (non-hydrogen) atoms. The Kier molecular flexibility index (Phi) is 7.09. The van der Waals surface area contributed by atoms with E-state index in [0.717, 1.165) is 38.9 Å². The van der Waals surface area contributed by atoms with Gasteiger partial charge in [0.15, 0.2) is 17.5 Å². The summed E-state index contributed by atoms with van der Waals surface area (Å²) < 4.78 is 0. The van der Waals surface area contributed by atoms with Gasteiger partial charge in [-0.2, -0.15) is 0 Å². The SMILES string of the molecule is c1ccc(-c2nc(-c3ccccc3)nc(-c3ccc(-c4ccc(-c5ccc(-c6cncnc6)cc5)c5ccccc45)cc3)n2)cc1. The topological polar surface area (TPSA) is 64.5 Å². The van der Waals surface area contributed by atoms with Crippen molar-refractivity contribution in [3.8, 4) is 67.5 Å². The normalized spacial score (nSPS) is 11.0.